The number of carbonyl (C=O) groups is 1. The van der Waals surface area contributed by atoms with Gasteiger partial charge < -0.3 is 14.6 Å². The zero-order valence-corrected chi connectivity index (χ0v) is 15.8. The second-order valence-corrected chi connectivity index (χ2v) is 6.83. The van der Waals surface area contributed by atoms with Crippen LogP contribution >= 0.6 is 12.4 Å². The van der Waals surface area contributed by atoms with Gasteiger partial charge in [0, 0.05) is 51.3 Å². The fraction of sp³-hybridized carbons (Fsp3) is 0.450. The first kappa shape index (κ1) is 19.0. The van der Waals surface area contributed by atoms with E-state index >= 15 is 0 Å². The van der Waals surface area contributed by atoms with Crippen molar-refractivity contribution in [2.75, 3.05) is 39.3 Å². The summed E-state index contributed by atoms with van der Waals surface area (Å²) in [4.78, 5) is 16.6. The van der Waals surface area contributed by atoms with Crippen LogP contribution < -0.4 is 5.32 Å². The maximum absolute atomic E-state index is 12.3. The number of halogens is 1. The Morgan fingerprint density at radius 1 is 1.12 bits per heavy atom. The Hall–Kier alpha value is -1.82. The van der Waals surface area contributed by atoms with E-state index in [1.165, 1.54) is 5.56 Å². The monoisotopic (exact) mass is 375 g/mol. The van der Waals surface area contributed by atoms with Gasteiger partial charge in [0.15, 0.2) is 0 Å². The van der Waals surface area contributed by atoms with Crippen LogP contribution in [0.4, 0.5) is 0 Å². The lowest BCUT2D eigenvalue weighted by atomic mass is 10.1. The predicted molar refractivity (Wildman–Crippen MR) is 104 cm³/mol. The molecule has 0 unspecified atom stereocenters. The van der Waals surface area contributed by atoms with Gasteiger partial charge in [0.25, 0.3) is 0 Å². The molecular weight excluding hydrogens is 350 g/mol. The van der Waals surface area contributed by atoms with Gasteiger partial charge in [0.05, 0.1) is 6.54 Å². The molecule has 2 aliphatic rings. The molecule has 1 saturated heterocycles. The Kier molecular flexibility index (Phi) is 6.35. The van der Waals surface area contributed by atoms with Gasteiger partial charge in [-0.1, -0.05) is 30.3 Å². The molecule has 2 aromatic rings. The minimum absolute atomic E-state index is 0. The Morgan fingerprint density at radius 2 is 1.88 bits per heavy atom. The highest BCUT2D eigenvalue weighted by Crippen LogP contribution is 2.29. The van der Waals surface area contributed by atoms with Gasteiger partial charge in [-0.25, -0.2) is 0 Å². The molecule has 1 aromatic heterocycles. The van der Waals surface area contributed by atoms with Crippen molar-refractivity contribution < 1.29 is 9.21 Å². The van der Waals surface area contributed by atoms with Gasteiger partial charge in [0.1, 0.15) is 11.5 Å². The van der Waals surface area contributed by atoms with Crippen molar-refractivity contribution >= 4 is 18.3 Å². The first-order chi connectivity index (χ1) is 12.3. The first-order valence-electron chi connectivity index (χ1n) is 9.17. The number of rotatable bonds is 4. The van der Waals surface area contributed by atoms with Crippen LogP contribution in [0.3, 0.4) is 0 Å². The van der Waals surface area contributed by atoms with E-state index in [4.69, 9.17) is 4.42 Å². The lowest BCUT2D eigenvalue weighted by Crippen LogP contribution is -2.47. The lowest BCUT2D eigenvalue weighted by Gasteiger charge is -2.29. The Bertz CT molecular complexity index is 726. The Balaban J connectivity index is 0.00000196. The van der Waals surface area contributed by atoms with Crippen LogP contribution in [-0.4, -0.2) is 55.0 Å². The summed E-state index contributed by atoms with van der Waals surface area (Å²) in [7, 11) is 0. The highest BCUT2D eigenvalue weighted by atomic mass is 35.5. The van der Waals surface area contributed by atoms with Crippen LogP contribution in [-0.2, 0) is 17.8 Å². The molecule has 0 radical (unpaired) electrons. The molecular formula is C20H26ClN3O2. The van der Waals surface area contributed by atoms with Crippen LogP contribution in [0.1, 0.15) is 17.7 Å². The summed E-state index contributed by atoms with van der Waals surface area (Å²) in [6, 6.07) is 12.4. The number of nitrogens with zero attached hydrogens (tertiary/aromatic N) is 2. The van der Waals surface area contributed by atoms with Gasteiger partial charge in [-0.05, 0) is 18.1 Å². The van der Waals surface area contributed by atoms with Crippen molar-refractivity contribution in [2.24, 2.45) is 0 Å². The van der Waals surface area contributed by atoms with Crippen molar-refractivity contribution in [1.82, 2.24) is 15.1 Å². The second kappa shape index (κ2) is 8.71. The number of hydrogen-bond acceptors (Lipinski definition) is 4. The SMILES string of the molecule is Cl.O=C(CCN1CCc2cc(-c3ccccc3)oc2C1)N1CCNCC1. The molecule has 3 heterocycles. The molecule has 5 nitrogen and oxygen atoms in total. The summed E-state index contributed by atoms with van der Waals surface area (Å²) in [5, 5.41) is 3.29. The quantitative estimate of drug-likeness (QED) is 0.892. The van der Waals surface area contributed by atoms with Crippen LogP contribution in [0.2, 0.25) is 0 Å². The summed E-state index contributed by atoms with van der Waals surface area (Å²) < 4.78 is 6.10. The fourth-order valence-corrected chi connectivity index (χ4v) is 3.63. The van der Waals surface area contributed by atoms with Gasteiger partial charge in [-0.3, -0.25) is 9.69 Å². The number of furan rings is 1. The average molecular weight is 376 g/mol. The summed E-state index contributed by atoms with van der Waals surface area (Å²) >= 11 is 0. The Labute approximate surface area is 160 Å². The number of hydrogen-bond donors (Lipinski definition) is 1. The number of amides is 1. The molecule has 1 fully saturated rings. The topological polar surface area (TPSA) is 48.7 Å². The van der Waals surface area contributed by atoms with E-state index in [0.717, 1.165) is 69.3 Å². The summed E-state index contributed by atoms with van der Waals surface area (Å²) in [6.45, 7) is 6.10. The minimum atomic E-state index is 0. The maximum Gasteiger partial charge on any atom is 0.223 e. The van der Waals surface area contributed by atoms with E-state index in [9.17, 15) is 4.79 Å². The molecule has 26 heavy (non-hydrogen) atoms. The molecule has 6 heteroatoms. The molecule has 1 N–H and O–H groups in total. The van der Waals surface area contributed by atoms with Crippen LogP contribution in [0, 0.1) is 0 Å². The van der Waals surface area contributed by atoms with E-state index in [1.54, 1.807) is 0 Å². The van der Waals surface area contributed by atoms with Gasteiger partial charge in [-0.15, -0.1) is 12.4 Å². The summed E-state index contributed by atoms with van der Waals surface area (Å²) in [5.41, 5.74) is 2.43. The van der Waals surface area contributed by atoms with Gasteiger partial charge in [-0.2, -0.15) is 0 Å². The minimum Gasteiger partial charge on any atom is -0.459 e. The van der Waals surface area contributed by atoms with E-state index in [1.807, 2.05) is 23.1 Å². The summed E-state index contributed by atoms with van der Waals surface area (Å²) in [5.74, 6) is 2.28. The first-order valence-corrected chi connectivity index (χ1v) is 9.17. The van der Waals surface area contributed by atoms with E-state index < -0.39 is 0 Å². The molecule has 1 aromatic carbocycles. The van der Waals surface area contributed by atoms with Crippen LogP contribution in [0.5, 0.6) is 0 Å². The van der Waals surface area contributed by atoms with Crippen molar-refractivity contribution in [1.29, 1.82) is 0 Å². The number of piperazine rings is 1. The third kappa shape index (κ3) is 4.29. The number of fused-ring (bicyclic) bond motifs is 1. The van der Waals surface area contributed by atoms with Crippen molar-refractivity contribution in [3.63, 3.8) is 0 Å². The highest BCUT2D eigenvalue weighted by Gasteiger charge is 2.23. The number of carbonyl (C=O) groups excluding carboxylic acids is 1. The van der Waals surface area contributed by atoms with E-state index in [-0.39, 0.29) is 18.3 Å². The van der Waals surface area contributed by atoms with Gasteiger partial charge >= 0.3 is 0 Å². The van der Waals surface area contributed by atoms with E-state index in [2.05, 4.69) is 28.4 Å². The molecule has 0 bridgehead atoms. The molecule has 0 aliphatic carbocycles. The number of nitrogens with one attached hydrogen (secondary N) is 1. The molecule has 0 atom stereocenters. The molecule has 140 valence electrons. The molecule has 4 rings (SSSR count). The predicted octanol–water partition coefficient (Wildman–Crippen LogP) is 2.55. The van der Waals surface area contributed by atoms with Crippen LogP contribution in [0.25, 0.3) is 11.3 Å². The van der Waals surface area contributed by atoms with Crippen LogP contribution in [0.15, 0.2) is 40.8 Å². The van der Waals surface area contributed by atoms with Crippen molar-refractivity contribution in [3.05, 3.63) is 47.7 Å². The molecule has 2 aliphatic heterocycles. The Morgan fingerprint density at radius 3 is 2.65 bits per heavy atom. The fourth-order valence-electron chi connectivity index (χ4n) is 3.63. The third-order valence-corrected chi connectivity index (χ3v) is 5.13. The highest BCUT2D eigenvalue weighted by molar-refractivity contribution is 5.85. The normalized spacial score (nSPS) is 17.5. The standard InChI is InChI=1S/C20H25N3O2.ClH/c24-20(23-12-8-21-9-13-23)7-11-22-10-6-17-14-18(25-19(17)15-22)16-4-2-1-3-5-16;/h1-5,14,21H,6-13,15H2;1H. The van der Waals surface area contributed by atoms with Crippen molar-refractivity contribution in [2.45, 2.75) is 19.4 Å². The molecule has 0 saturated carbocycles. The largest absolute Gasteiger partial charge is 0.459 e. The smallest absolute Gasteiger partial charge is 0.223 e. The van der Waals surface area contributed by atoms with E-state index in [0.29, 0.717) is 6.42 Å². The maximum atomic E-state index is 12.3. The molecule has 0 spiro atoms. The molecule has 1 amide bonds. The van der Waals surface area contributed by atoms with Crippen molar-refractivity contribution in [3.8, 4) is 11.3 Å². The zero-order valence-electron chi connectivity index (χ0n) is 14.9. The number of benzene rings is 1. The van der Waals surface area contributed by atoms with Gasteiger partial charge in [0.2, 0.25) is 5.91 Å². The average Bonchev–Trinajstić information content (AvgIpc) is 3.11. The summed E-state index contributed by atoms with van der Waals surface area (Å²) in [6.07, 6.45) is 1.59. The zero-order chi connectivity index (χ0) is 17.1. The second-order valence-electron chi connectivity index (χ2n) is 6.83. The lowest BCUT2D eigenvalue weighted by molar-refractivity contribution is -0.132. The third-order valence-electron chi connectivity index (χ3n) is 5.13.